The number of hydrogen-bond donors (Lipinski definition) is 0. The van der Waals surface area contributed by atoms with Crippen molar-refractivity contribution in [2.24, 2.45) is 0 Å². The molecule has 2 atom stereocenters. The third-order valence-corrected chi connectivity index (χ3v) is 5.32. The predicted molar refractivity (Wildman–Crippen MR) is 103 cm³/mol. The monoisotopic (exact) mass is 361 g/mol. The fraction of sp³-hybridized carbons (Fsp3) is 0.318. The average molecular weight is 361 g/mol. The van der Waals surface area contributed by atoms with Crippen molar-refractivity contribution in [1.82, 2.24) is 15.0 Å². The van der Waals surface area contributed by atoms with E-state index >= 15 is 0 Å². The zero-order valence-electron chi connectivity index (χ0n) is 15.6. The molecule has 1 fully saturated rings. The highest BCUT2D eigenvalue weighted by Gasteiger charge is 2.37. The molecule has 0 radical (unpaired) electrons. The minimum atomic E-state index is -0.0557. The van der Waals surface area contributed by atoms with Gasteiger partial charge >= 0.3 is 0 Å². The van der Waals surface area contributed by atoms with Gasteiger partial charge in [0, 0.05) is 18.5 Å². The van der Waals surface area contributed by atoms with Crippen LogP contribution in [0, 0.1) is 0 Å². The van der Waals surface area contributed by atoms with Crippen LogP contribution in [0.5, 0.6) is 0 Å². The van der Waals surface area contributed by atoms with Gasteiger partial charge in [0.15, 0.2) is 0 Å². The molecule has 5 nitrogen and oxygen atoms in total. The molecule has 2 aromatic carbocycles. The first-order chi connectivity index (χ1) is 13.2. The van der Waals surface area contributed by atoms with Crippen molar-refractivity contribution >= 4 is 5.91 Å². The second-order valence-corrected chi connectivity index (χ2v) is 7.04. The maximum Gasteiger partial charge on any atom is 0.232 e. The van der Waals surface area contributed by atoms with E-state index in [4.69, 9.17) is 4.52 Å². The molecule has 0 saturated carbocycles. The summed E-state index contributed by atoms with van der Waals surface area (Å²) >= 11 is 0. The molecular weight excluding hydrogens is 338 g/mol. The molecule has 0 spiro atoms. The number of aryl methyl sites for hydroxylation is 1. The quantitative estimate of drug-likeness (QED) is 0.677. The van der Waals surface area contributed by atoms with Crippen LogP contribution < -0.4 is 0 Å². The van der Waals surface area contributed by atoms with E-state index in [1.807, 2.05) is 35.2 Å². The molecular formula is C22H23N3O2. The number of rotatable bonds is 5. The summed E-state index contributed by atoms with van der Waals surface area (Å²) in [6, 6.07) is 18.3. The molecule has 0 N–H and O–H groups in total. The van der Waals surface area contributed by atoms with Crippen molar-refractivity contribution in [3.63, 3.8) is 0 Å². The van der Waals surface area contributed by atoms with E-state index < -0.39 is 0 Å². The maximum absolute atomic E-state index is 12.6. The molecule has 2 unspecified atom stereocenters. The molecule has 0 aliphatic carbocycles. The molecule has 1 aliphatic rings. The molecule has 0 bridgehead atoms. The van der Waals surface area contributed by atoms with Crippen LogP contribution in [0.15, 0.2) is 59.1 Å². The number of benzene rings is 2. The Morgan fingerprint density at radius 3 is 2.59 bits per heavy atom. The van der Waals surface area contributed by atoms with Gasteiger partial charge in [0.25, 0.3) is 0 Å². The Labute approximate surface area is 159 Å². The molecule has 4 rings (SSSR count). The Bertz CT molecular complexity index is 918. The second-order valence-electron chi connectivity index (χ2n) is 7.04. The van der Waals surface area contributed by atoms with Gasteiger partial charge in [0.1, 0.15) is 0 Å². The topological polar surface area (TPSA) is 59.2 Å². The Balaban J connectivity index is 1.50. The van der Waals surface area contributed by atoms with Gasteiger partial charge in [-0.1, -0.05) is 66.7 Å². The van der Waals surface area contributed by atoms with Gasteiger partial charge in [-0.25, -0.2) is 0 Å². The van der Waals surface area contributed by atoms with Gasteiger partial charge < -0.3 is 9.42 Å². The van der Waals surface area contributed by atoms with Gasteiger partial charge in [-0.15, -0.1) is 0 Å². The summed E-state index contributed by atoms with van der Waals surface area (Å²) in [4.78, 5) is 19.0. The SMILES string of the molecule is CCc1ccc(-c2noc(C3CC(=O)N(C(C)c4ccccc4)C3)n2)cc1. The summed E-state index contributed by atoms with van der Waals surface area (Å²) in [5, 5.41) is 4.12. The van der Waals surface area contributed by atoms with Crippen LogP contribution in [-0.4, -0.2) is 27.5 Å². The summed E-state index contributed by atoms with van der Waals surface area (Å²) in [6.45, 7) is 4.79. The highest BCUT2D eigenvalue weighted by Crippen LogP contribution is 2.33. The molecule has 1 aromatic heterocycles. The molecule has 2 heterocycles. The fourth-order valence-electron chi connectivity index (χ4n) is 3.59. The lowest BCUT2D eigenvalue weighted by Gasteiger charge is -2.24. The van der Waals surface area contributed by atoms with E-state index in [-0.39, 0.29) is 17.9 Å². The number of likely N-dealkylation sites (tertiary alicyclic amines) is 1. The van der Waals surface area contributed by atoms with E-state index in [1.165, 1.54) is 5.56 Å². The first kappa shape index (κ1) is 17.5. The summed E-state index contributed by atoms with van der Waals surface area (Å²) < 4.78 is 5.50. The second kappa shape index (κ2) is 7.35. The van der Waals surface area contributed by atoms with Gasteiger partial charge in [-0.3, -0.25) is 4.79 Å². The maximum atomic E-state index is 12.6. The van der Waals surface area contributed by atoms with E-state index in [0.29, 0.717) is 24.7 Å². The van der Waals surface area contributed by atoms with E-state index in [9.17, 15) is 4.79 Å². The van der Waals surface area contributed by atoms with Crippen molar-refractivity contribution in [3.8, 4) is 11.4 Å². The first-order valence-electron chi connectivity index (χ1n) is 9.43. The average Bonchev–Trinajstić information content (AvgIpc) is 3.35. The van der Waals surface area contributed by atoms with E-state index in [0.717, 1.165) is 17.5 Å². The number of aromatic nitrogens is 2. The Hall–Kier alpha value is -2.95. The van der Waals surface area contributed by atoms with Crippen molar-refractivity contribution in [3.05, 3.63) is 71.6 Å². The summed E-state index contributed by atoms with van der Waals surface area (Å²) in [7, 11) is 0. The van der Waals surface area contributed by atoms with Crippen LogP contribution >= 0.6 is 0 Å². The highest BCUT2D eigenvalue weighted by molar-refractivity contribution is 5.80. The minimum absolute atomic E-state index is 0.0349. The molecule has 27 heavy (non-hydrogen) atoms. The molecule has 1 amide bonds. The predicted octanol–water partition coefficient (Wildman–Crippen LogP) is 4.38. The third-order valence-electron chi connectivity index (χ3n) is 5.32. The molecule has 3 aromatic rings. The zero-order valence-corrected chi connectivity index (χ0v) is 15.6. The summed E-state index contributed by atoms with van der Waals surface area (Å²) in [5.41, 5.74) is 3.34. The van der Waals surface area contributed by atoms with Gasteiger partial charge in [0.2, 0.25) is 17.6 Å². The fourth-order valence-corrected chi connectivity index (χ4v) is 3.59. The standard InChI is InChI=1S/C22H23N3O2/c1-3-16-9-11-18(12-10-16)21-23-22(27-24-21)19-13-20(26)25(14-19)15(2)17-7-5-4-6-8-17/h4-12,15,19H,3,13-14H2,1-2H3. The molecule has 138 valence electrons. The summed E-state index contributed by atoms with van der Waals surface area (Å²) in [5.74, 6) is 1.19. The lowest BCUT2D eigenvalue weighted by Crippen LogP contribution is -2.28. The first-order valence-corrected chi connectivity index (χ1v) is 9.43. The Kier molecular flexibility index (Phi) is 4.75. The van der Waals surface area contributed by atoms with E-state index in [1.54, 1.807) is 0 Å². The number of nitrogens with zero attached hydrogens (tertiary/aromatic N) is 3. The van der Waals surface area contributed by atoms with Crippen LogP contribution in [0.1, 0.15) is 49.2 Å². The van der Waals surface area contributed by atoms with Crippen LogP contribution in [0.4, 0.5) is 0 Å². The van der Waals surface area contributed by atoms with Gasteiger partial charge in [-0.2, -0.15) is 4.98 Å². The third kappa shape index (κ3) is 3.50. The number of amides is 1. The summed E-state index contributed by atoms with van der Waals surface area (Å²) in [6.07, 6.45) is 1.41. The normalized spacial score (nSPS) is 18.1. The lowest BCUT2D eigenvalue weighted by atomic mass is 10.1. The van der Waals surface area contributed by atoms with Gasteiger partial charge in [-0.05, 0) is 24.5 Å². The lowest BCUT2D eigenvalue weighted by molar-refractivity contribution is -0.129. The van der Waals surface area contributed by atoms with Crippen molar-refractivity contribution in [2.75, 3.05) is 6.54 Å². The van der Waals surface area contributed by atoms with Crippen molar-refractivity contribution < 1.29 is 9.32 Å². The number of carbonyl (C=O) groups is 1. The van der Waals surface area contributed by atoms with Crippen LogP contribution in [0.2, 0.25) is 0 Å². The Morgan fingerprint density at radius 2 is 1.89 bits per heavy atom. The molecule has 1 saturated heterocycles. The smallest absolute Gasteiger partial charge is 0.232 e. The number of hydrogen-bond acceptors (Lipinski definition) is 4. The van der Waals surface area contributed by atoms with Crippen LogP contribution in [0.3, 0.4) is 0 Å². The number of carbonyl (C=O) groups excluding carboxylic acids is 1. The van der Waals surface area contributed by atoms with Gasteiger partial charge in [0.05, 0.1) is 12.0 Å². The molecule has 5 heteroatoms. The highest BCUT2D eigenvalue weighted by atomic mass is 16.5. The Morgan fingerprint density at radius 1 is 1.15 bits per heavy atom. The largest absolute Gasteiger partial charge is 0.339 e. The zero-order chi connectivity index (χ0) is 18.8. The van der Waals surface area contributed by atoms with E-state index in [2.05, 4.69) is 48.3 Å². The van der Waals surface area contributed by atoms with Crippen LogP contribution in [0.25, 0.3) is 11.4 Å². The van der Waals surface area contributed by atoms with Crippen molar-refractivity contribution in [2.45, 2.75) is 38.6 Å². The van der Waals surface area contributed by atoms with Crippen molar-refractivity contribution in [1.29, 1.82) is 0 Å². The minimum Gasteiger partial charge on any atom is -0.339 e. The van der Waals surface area contributed by atoms with Crippen LogP contribution in [-0.2, 0) is 11.2 Å². The molecule has 1 aliphatic heterocycles.